The van der Waals surface area contributed by atoms with Crippen LogP contribution in [0.2, 0.25) is 0 Å². The van der Waals surface area contributed by atoms with Crippen LogP contribution in [-0.2, 0) is 9.84 Å². The smallest absolute Gasteiger partial charge is 0.289 e. The van der Waals surface area contributed by atoms with Crippen molar-refractivity contribution in [3.05, 3.63) is 51.7 Å². The molecule has 2 aromatic rings. The average molecular weight is 453 g/mol. The van der Waals surface area contributed by atoms with E-state index in [0.29, 0.717) is 17.0 Å². The highest BCUT2D eigenvalue weighted by atomic mass is 32.2. The van der Waals surface area contributed by atoms with Crippen molar-refractivity contribution in [3.8, 4) is 0 Å². The molecule has 1 N–H and O–H groups in total. The number of halogens is 2. The molecule has 0 spiro atoms. The van der Waals surface area contributed by atoms with Crippen LogP contribution in [0.1, 0.15) is 29.4 Å². The zero-order chi connectivity index (χ0) is 21.6. The lowest BCUT2D eigenvalue weighted by atomic mass is 10.1. The van der Waals surface area contributed by atoms with Gasteiger partial charge < -0.3 is 5.32 Å². The Labute approximate surface area is 176 Å². The Morgan fingerprint density at radius 1 is 1.30 bits per heavy atom. The Bertz CT molecular complexity index is 1220. The molecule has 2 aliphatic heterocycles. The molecule has 1 atom stereocenters. The molecule has 2 saturated heterocycles. The Morgan fingerprint density at radius 3 is 2.73 bits per heavy atom. The fourth-order valence-corrected chi connectivity index (χ4v) is 5.95. The molecule has 1 aromatic carbocycles. The average Bonchev–Trinajstić information content (AvgIpc) is 3.29. The number of benzene rings is 1. The number of sulfone groups is 1. The second-order valence-electron chi connectivity index (χ2n) is 7.17. The van der Waals surface area contributed by atoms with Crippen LogP contribution in [-0.4, -0.2) is 40.8 Å². The topological polar surface area (TPSA) is 93.4 Å². The molecule has 1 unspecified atom stereocenters. The molecular weight excluding hydrogens is 434 g/mol. The maximum Gasteiger partial charge on any atom is 0.289 e. The molecular formula is C19H18F2N4O3S2. The Kier molecular flexibility index (Phi) is 5.27. The lowest BCUT2D eigenvalue weighted by Crippen LogP contribution is -2.18. The molecule has 0 saturated carbocycles. The van der Waals surface area contributed by atoms with Gasteiger partial charge >= 0.3 is 0 Å². The number of nitrogens with one attached hydrogen (secondary N) is 1. The first-order chi connectivity index (χ1) is 14.1. The van der Waals surface area contributed by atoms with E-state index in [0.717, 1.165) is 35.2 Å². The summed E-state index contributed by atoms with van der Waals surface area (Å²) < 4.78 is 52.0. The molecule has 4 rings (SSSR count). The van der Waals surface area contributed by atoms with Gasteiger partial charge in [0.15, 0.2) is 21.5 Å². The number of amides is 1. The van der Waals surface area contributed by atoms with E-state index in [1.807, 2.05) is 6.92 Å². The first-order valence-electron chi connectivity index (χ1n) is 9.14. The second-order valence-corrected chi connectivity index (χ2v) is 10.4. The van der Waals surface area contributed by atoms with E-state index in [-0.39, 0.29) is 34.3 Å². The van der Waals surface area contributed by atoms with Crippen molar-refractivity contribution >= 4 is 44.4 Å². The maximum atomic E-state index is 13.5. The Hall–Kier alpha value is -2.53. The third kappa shape index (κ3) is 4.04. The summed E-state index contributed by atoms with van der Waals surface area (Å²) in [5, 5.41) is 6.77. The van der Waals surface area contributed by atoms with Crippen molar-refractivity contribution in [2.75, 3.05) is 11.5 Å². The minimum absolute atomic E-state index is 0.0581. The van der Waals surface area contributed by atoms with Gasteiger partial charge in [0.05, 0.1) is 33.8 Å². The van der Waals surface area contributed by atoms with E-state index >= 15 is 0 Å². The van der Waals surface area contributed by atoms with Crippen molar-refractivity contribution in [2.24, 2.45) is 4.99 Å². The van der Waals surface area contributed by atoms with Crippen LogP contribution in [0.3, 0.4) is 0 Å². The molecule has 0 bridgehead atoms. The number of aromatic nitrogens is 2. The maximum absolute atomic E-state index is 13.5. The van der Waals surface area contributed by atoms with Crippen LogP contribution in [0.4, 0.5) is 19.3 Å². The summed E-state index contributed by atoms with van der Waals surface area (Å²) in [4.78, 5) is 16.7. The molecule has 30 heavy (non-hydrogen) atoms. The number of carbonyl (C=O) groups excluding carboxylic acids is 1. The summed E-state index contributed by atoms with van der Waals surface area (Å²) in [6, 6.07) is 3.01. The van der Waals surface area contributed by atoms with Crippen molar-refractivity contribution < 1.29 is 22.0 Å². The number of carbonyl (C=O) groups is 1. The summed E-state index contributed by atoms with van der Waals surface area (Å²) in [5.41, 5.74) is 2.40. The summed E-state index contributed by atoms with van der Waals surface area (Å²) in [6.07, 6.45) is 2.26. The van der Waals surface area contributed by atoms with Gasteiger partial charge in [0, 0.05) is 17.3 Å². The zero-order valence-electron chi connectivity index (χ0n) is 16.1. The lowest BCUT2D eigenvalue weighted by Gasteiger charge is -2.11. The molecule has 0 radical (unpaired) electrons. The molecule has 7 nitrogen and oxygen atoms in total. The van der Waals surface area contributed by atoms with E-state index in [9.17, 15) is 22.0 Å². The molecule has 11 heteroatoms. The number of thioether (sulfide) groups is 1. The Balaban J connectivity index is 1.70. The van der Waals surface area contributed by atoms with Gasteiger partial charge in [-0.1, -0.05) is 0 Å². The Morgan fingerprint density at radius 2 is 2.07 bits per heavy atom. The highest BCUT2D eigenvalue weighted by Gasteiger charge is 2.32. The van der Waals surface area contributed by atoms with Gasteiger partial charge in [0.25, 0.3) is 5.24 Å². The highest BCUT2D eigenvalue weighted by molar-refractivity contribution is 8.18. The molecule has 0 aliphatic carbocycles. The summed E-state index contributed by atoms with van der Waals surface area (Å²) >= 11 is 0.933. The minimum Gasteiger partial charge on any atom is -0.300 e. The van der Waals surface area contributed by atoms with Gasteiger partial charge in [-0.05, 0) is 50.2 Å². The van der Waals surface area contributed by atoms with Gasteiger partial charge in [-0.25, -0.2) is 22.2 Å². The molecule has 1 aromatic heterocycles. The van der Waals surface area contributed by atoms with E-state index < -0.39 is 21.5 Å². The van der Waals surface area contributed by atoms with Crippen molar-refractivity contribution in [1.29, 1.82) is 0 Å². The van der Waals surface area contributed by atoms with Crippen LogP contribution in [0.25, 0.3) is 6.08 Å². The van der Waals surface area contributed by atoms with Crippen LogP contribution in [0.15, 0.2) is 28.1 Å². The largest absolute Gasteiger partial charge is 0.300 e. The standard InChI is InChI=1S/C19H18F2N4O3S2/c1-10-14(11(2)25(24-10)13-5-6-30(27,28)9-13)8-17-18(23-19(26)29-17)22-12-3-4-15(20)16(21)7-12/h3-4,7-8,13H,5-6,9H2,1-2H3,(H,22,23,26)/b17-8-. The van der Waals surface area contributed by atoms with E-state index in [4.69, 9.17) is 0 Å². The van der Waals surface area contributed by atoms with Crippen LogP contribution >= 0.6 is 11.8 Å². The number of nitrogens with zero attached hydrogens (tertiary/aromatic N) is 3. The number of hydrogen-bond acceptors (Lipinski definition) is 6. The number of hydrogen-bond donors (Lipinski definition) is 1. The SMILES string of the molecule is Cc1nn(C2CCS(=O)(=O)C2)c(C)c1/C=C1\SC(=O)NC1=Nc1ccc(F)c(F)c1. The first kappa shape index (κ1) is 20.7. The third-order valence-corrected chi connectivity index (χ3v) is 7.58. The number of amidine groups is 1. The predicted molar refractivity (Wildman–Crippen MR) is 112 cm³/mol. The number of aryl methyl sites for hydroxylation is 1. The first-order valence-corrected chi connectivity index (χ1v) is 11.8. The van der Waals surface area contributed by atoms with Gasteiger partial charge in [-0.2, -0.15) is 5.10 Å². The normalized spacial score (nSPS) is 23.5. The summed E-state index contributed by atoms with van der Waals surface area (Å²) in [6.45, 7) is 3.65. The quantitative estimate of drug-likeness (QED) is 0.767. The number of aliphatic imine (C=N–C) groups is 1. The summed E-state index contributed by atoms with van der Waals surface area (Å²) in [5.74, 6) is -1.58. The fourth-order valence-electron chi connectivity index (χ4n) is 3.54. The molecule has 158 valence electrons. The predicted octanol–water partition coefficient (Wildman–Crippen LogP) is 3.67. The molecule has 2 aliphatic rings. The second kappa shape index (κ2) is 7.62. The van der Waals surface area contributed by atoms with E-state index in [1.165, 1.54) is 6.07 Å². The van der Waals surface area contributed by atoms with E-state index in [1.54, 1.807) is 17.7 Å². The van der Waals surface area contributed by atoms with Crippen LogP contribution < -0.4 is 5.32 Å². The fraction of sp³-hybridized carbons (Fsp3) is 0.316. The molecule has 2 fully saturated rings. The van der Waals surface area contributed by atoms with Gasteiger partial charge in [-0.15, -0.1) is 0 Å². The van der Waals surface area contributed by atoms with Crippen molar-refractivity contribution in [1.82, 2.24) is 15.1 Å². The third-order valence-electron chi connectivity index (χ3n) is 5.01. The van der Waals surface area contributed by atoms with Gasteiger partial charge in [0.2, 0.25) is 0 Å². The highest BCUT2D eigenvalue weighted by Crippen LogP contribution is 2.32. The van der Waals surface area contributed by atoms with Crippen molar-refractivity contribution in [2.45, 2.75) is 26.3 Å². The number of rotatable bonds is 3. The van der Waals surface area contributed by atoms with Gasteiger partial charge in [-0.3, -0.25) is 9.48 Å². The molecule has 1 amide bonds. The monoisotopic (exact) mass is 452 g/mol. The van der Waals surface area contributed by atoms with E-state index in [2.05, 4.69) is 15.4 Å². The van der Waals surface area contributed by atoms with Crippen LogP contribution in [0.5, 0.6) is 0 Å². The zero-order valence-corrected chi connectivity index (χ0v) is 17.8. The minimum atomic E-state index is -3.06. The van der Waals surface area contributed by atoms with Crippen molar-refractivity contribution in [3.63, 3.8) is 0 Å². The van der Waals surface area contributed by atoms with Gasteiger partial charge in [0.1, 0.15) is 5.84 Å². The van der Waals surface area contributed by atoms with Crippen LogP contribution in [0, 0.1) is 25.5 Å². The molecule has 3 heterocycles. The summed E-state index contributed by atoms with van der Waals surface area (Å²) in [7, 11) is -3.06. The lowest BCUT2D eigenvalue weighted by molar-refractivity contribution is 0.265.